The van der Waals surface area contributed by atoms with E-state index in [9.17, 15) is 0 Å². The van der Waals surface area contributed by atoms with Gasteiger partial charge in [0.05, 0.1) is 0 Å². The van der Waals surface area contributed by atoms with Crippen LogP contribution in [0.5, 0.6) is 0 Å². The Balaban J connectivity index is 2.62. The van der Waals surface area contributed by atoms with Crippen LogP contribution in [0.25, 0.3) is 0 Å². The number of thiophene rings is 1. The van der Waals surface area contributed by atoms with E-state index in [2.05, 4.69) is 53.5 Å². The summed E-state index contributed by atoms with van der Waals surface area (Å²) in [6, 6.07) is 2.25. The van der Waals surface area contributed by atoms with Gasteiger partial charge in [0.2, 0.25) is 0 Å². The molecule has 0 saturated heterocycles. The molecule has 0 fully saturated rings. The third-order valence-corrected chi connectivity index (χ3v) is 4.58. The minimum absolute atomic E-state index is 0.398. The first-order chi connectivity index (χ1) is 7.59. The van der Waals surface area contributed by atoms with Gasteiger partial charge in [0.15, 0.2) is 0 Å². The molecule has 0 aliphatic rings. The highest BCUT2D eigenvalue weighted by atomic mass is 79.9. The van der Waals surface area contributed by atoms with Gasteiger partial charge in [-0.15, -0.1) is 11.3 Å². The Morgan fingerprint density at radius 3 is 2.69 bits per heavy atom. The van der Waals surface area contributed by atoms with Gasteiger partial charge < -0.3 is 5.32 Å². The molecule has 16 heavy (non-hydrogen) atoms. The normalized spacial score (nSPS) is 15.0. The molecule has 0 aromatic carbocycles. The van der Waals surface area contributed by atoms with Crippen LogP contribution in [0.1, 0.15) is 38.5 Å². The summed E-state index contributed by atoms with van der Waals surface area (Å²) in [6.07, 6.45) is 3.73. The lowest BCUT2D eigenvalue weighted by molar-refractivity contribution is 0.279. The van der Waals surface area contributed by atoms with Gasteiger partial charge in [-0.3, -0.25) is 0 Å². The van der Waals surface area contributed by atoms with E-state index in [-0.39, 0.29) is 0 Å². The zero-order chi connectivity index (χ0) is 12.0. The highest BCUT2D eigenvalue weighted by Crippen LogP contribution is 2.31. The summed E-state index contributed by atoms with van der Waals surface area (Å²) < 4.78 is 1.22. The van der Waals surface area contributed by atoms with Crippen LogP contribution in [0.3, 0.4) is 0 Å². The van der Waals surface area contributed by atoms with Crippen molar-refractivity contribution in [3.63, 3.8) is 0 Å². The average Bonchev–Trinajstić information content (AvgIpc) is 2.61. The van der Waals surface area contributed by atoms with Gasteiger partial charge in [0.25, 0.3) is 0 Å². The van der Waals surface area contributed by atoms with Crippen molar-refractivity contribution in [1.82, 2.24) is 5.32 Å². The van der Waals surface area contributed by atoms with Crippen molar-refractivity contribution in [3.05, 3.63) is 20.8 Å². The predicted octanol–water partition coefficient (Wildman–Crippen LogP) is 4.47. The Morgan fingerprint density at radius 2 is 2.19 bits per heavy atom. The first kappa shape index (κ1) is 14.2. The lowest BCUT2D eigenvalue weighted by Crippen LogP contribution is -2.33. The largest absolute Gasteiger partial charge is 0.316 e. The summed E-state index contributed by atoms with van der Waals surface area (Å²) in [7, 11) is 0. The van der Waals surface area contributed by atoms with Crippen molar-refractivity contribution in [1.29, 1.82) is 0 Å². The molecule has 0 spiro atoms. The summed E-state index contributed by atoms with van der Waals surface area (Å²) in [5.41, 5.74) is 0.398. The molecule has 1 rings (SSSR count). The van der Waals surface area contributed by atoms with Crippen LogP contribution in [-0.2, 0) is 6.42 Å². The van der Waals surface area contributed by atoms with Gasteiger partial charge >= 0.3 is 0 Å². The topological polar surface area (TPSA) is 12.0 Å². The van der Waals surface area contributed by atoms with Crippen molar-refractivity contribution in [3.8, 4) is 0 Å². The maximum Gasteiger partial charge on any atom is 0.0285 e. The highest BCUT2D eigenvalue weighted by Gasteiger charge is 2.23. The number of hydrogen-bond acceptors (Lipinski definition) is 2. The van der Waals surface area contributed by atoms with E-state index in [1.54, 1.807) is 0 Å². The third-order valence-electron chi connectivity index (χ3n) is 2.88. The van der Waals surface area contributed by atoms with Crippen LogP contribution in [-0.4, -0.2) is 13.1 Å². The molecule has 1 aromatic rings. The minimum Gasteiger partial charge on any atom is -0.316 e. The molecule has 3 heteroatoms. The number of halogens is 1. The lowest BCUT2D eigenvalue weighted by Gasteiger charge is -2.29. The summed E-state index contributed by atoms with van der Waals surface area (Å²) >= 11 is 5.39. The van der Waals surface area contributed by atoms with Crippen molar-refractivity contribution >= 4 is 27.3 Å². The zero-order valence-electron chi connectivity index (χ0n) is 10.5. The minimum atomic E-state index is 0.398. The van der Waals surface area contributed by atoms with Crippen molar-refractivity contribution in [2.45, 2.75) is 40.0 Å². The van der Waals surface area contributed by atoms with E-state index in [0.29, 0.717) is 5.41 Å². The maximum absolute atomic E-state index is 3.53. The lowest BCUT2D eigenvalue weighted by atomic mass is 9.81. The number of nitrogens with one attached hydrogen (secondary N) is 1. The van der Waals surface area contributed by atoms with Crippen molar-refractivity contribution in [2.75, 3.05) is 13.1 Å². The third kappa shape index (κ3) is 4.56. The second kappa shape index (κ2) is 6.77. The average molecular weight is 304 g/mol. The predicted molar refractivity (Wildman–Crippen MR) is 77.3 cm³/mol. The molecule has 1 heterocycles. The molecule has 0 aliphatic carbocycles. The van der Waals surface area contributed by atoms with Gasteiger partial charge in [-0.25, -0.2) is 0 Å². The van der Waals surface area contributed by atoms with E-state index < -0.39 is 0 Å². The molecule has 92 valence electrons. The first-order valence-corrected chi connectivity index (χ1v) is 7.70. The Morgan fingerprint density at radius 1 is 1.44 bits per heavy atom. The molecule has 0 saturated carbocycles. The van der Waals surface area contributed by atoms with Crippen molar-refractivity contribution in [2.24, 2.45) is 5.41 Å². The van der Waals surface area contributed by atoms with E-state index >= 15 is 0 Å². The standard InChI is InChI=1S/C13H22BrNS/c1-4-6-13(3,10-15-5-2)8-12-7-11(14)9-16-12/h7,9,15H,4-6,8,10H2,1-3H3. The SMILES string of the molecule is CCCC(C)(CNCC)Cc1cc(Br)cs1. The molecule has 1 atom stereocenters. The summed E-state index contributed by atoms with van der Waals surface area (Å²) in [5.74, 6) is 0. The fourth-order valence-electron chi connectivity index (χ4n) is 2.14. The Labute approximate surface area is 112 Å². The summed E-state index contributed by atoms with van der Waals surface area (Å²) in [5, 5.41) is 5.67. The second-order valence-electron chi connectivity index (χ2n) is 4.75. The van der Waals surface area contributed by atoms with Gasteiger partial charge in [-0.2, -0.15) is 0 Å². The summed E-state index contributed by atoms with van der Waals surface area (Å²) in [4.78, 5) is 1.49. The molecule has 1 N–H and O–H groups in total. The maximum atomic E-state index is 3.53. The zero-order valence-corrected chi connectivity index (χ0v) is 12.9. The Hall–Kier alpha value is 0.140. The fourth-order valence-corrected chi connectivity index (χ4v) is 3.80. The molecule has 0 aliphatic heterocycles. The quantitative estimate of drug-likeness (QED) is 0.783. The number of rotatable bonds is 7. The van der Waals surface area contributed by atoms with Crippen LogP contribution < -0.4 is 5.32 Å². The second-order valence-corrected chi connectivity index (χ2v) is 6.66. The summed E-state index contributed by atoms with van der Waals surface area (Å²) in [6.45, 7) is 9.02. The molecule has 1 aromatic heterocycles. The first-order valence-electron chi connectivity index (χ1n) is 6.03. The van der Waals surface area contributed by atoms with Gasteiger partial charge in [0, 0.05) is 21.3 Å². The Kier molecular flexibility index (Phi) is 6.01. The highest BCUT2D eigenvalue weighted by molar-refractivity contribution is 9.10. The molecule has 0 amide bonds. The Bertz CT molecular complexity index is 311. The van der Waals surface area contributed by atoms with Crippen LogP contribution in [0.2, 0.25) is 0 Å². The smallest absolute Gasteiger partial charge is 0.0285 e. The van der Waals surface area contributed by atoms with E-state index in [4.69, 9.17) is 0 Å². The van der Waals surface area contributed by atoms with Crippen molar-refractivity contribution < 1.29 is 0 Å². The van der Waals surface area contributed by atoms with E-state index in [0.717, 1.165) is 13.1 Å². The molecular weight excluding hydrogens is 282 g/mol. The van der Waals surface area contributed by atoms with Crippen LogP contribution in [0, 0.1) is 5.41 Å². The van der Waals surface area contributed by atoms with E-state index in [1.807, 2.05) is 11.3 Å². The van der Waals surface area contributed by atoms with Gasteiger partial charge in [0.1, 0.15) is 0 Å². The van der Waals surface area contributed by atoms with Crippen LogP contribution in [0.4, 0.5) is 0 Å². The molecule has 0 bridgehead atoms. The monoisotopic (exact) mass is 303 g/mol. The molecule has 1 unspecified atom stereocenters. The van der Waals surface area contributed by atoms with Crippen LogP contribution in [0.15, 0.2) is 15.9 Å². The van der Waals surface area contributed by atoms with Gasteiger partial charge in [-0.05, 0) is 46.8 Å². The number of hydrogen-bond donors (Lipinski definition) is 1. The van der Waals surface area contributed by atoms with Gasteiger partial charge in [-0.1, -0.05) is 27.2 Å². The molecular formula is C13H22BrNS. The fraction of sp³-hybridized carbons (Fsp3) is 0.692. The van der Waals surface area contributed by atoms with Crippen LogP contribution >= 0.6 is 27.3 Å². The molecule has 0 radical (unpaired) electrons. The van der Waals surface area contributed by atoms with E-state index in [1.165, 1.54) is 28.6 Å². The molecule has 1 nitrogen and oxygen atoms in total.